The highest BCUT2D eigenvalue weighted by atomic mass is 16.5. The summed E-state index contributed by atoms with van der Waals surface area (Å²) in [5.41, 5.74) is 8.64. The van der Waals surface area contributed by atoms with Crippen molar-refractivity contribution >= 4 is 39.7 Å². The zero-order valence-corrected chi connectivity index (χ0v) is 15.8. The van der Waals surface area contributed by atoms with Crippen LogP contribution in [0.15, 0.2) is 48.5 Å². The number of nitrogens with zero attached hydrogens (tertiary/aromatic N) is 2. The molecule has 2 N–H and O–H groups in total. The first-order valence-corrected chi connectivity index (χ1v) is 9.47. The van der Waals surface area contributed by atoms with Gasteiger partial charge in [-0.15, -0.1) is 0 Å². The van der Waals surface area contributed by atoms with Gasteiger partial charge in [0.25, 0.3) is 0 Å². The number of fused-ring (bicyclic) bond motifs is 3. The number of aromatic nitrogens is 1. The van der Waals surface area contributed by atoms with E-state index in [1.165, 1.54) is 21.8 Å². The van der Waals surface area contributed by atoms with Crippen LogP contribution in [-0.4, -0.2) is 47.1 Å². The highest BCUT2D eigenvalue weighted by Gasteiger charge is 2.26. The number of para-hydroxylation sites is 1. The molecule has 1 saturated heterocycles. The van der Waals surface area contributed by atoms with E-state index in [1.807, 2.05) is 18.2 Å². The van der Waals surface area contributed by atoms with Crippen LogP contribution in [0.5, 0.6) is 0 Å². The molecule has 6 heteroatoms. The first-order valence-electron chi connectivity index (χ1n) is 9.47. The maximum Gasteiger partial charge on any atom is 0.248 e. The lowest BCUT2D eigenvalue weighted by molar-refractivity contribution is -0.142. The number of primary amides is 1. The Labute approximate surface area is 163 Å². The van der Waals surface area contributed by atoms with Crippen molar-refractivity contribution in [2.45, 2.75) is 19.6 Å². The van der Waals surface area contributed by atoms with Gasteiger partial charge >= 0.3 is 0 Å². The van der Waals surface area contributed by atoms with Crippen LogP contribution in [-0.2, 0) is 20.9 Å². The third kappa shape index (κ3) is 3.27. The standard InChI is InChI=1S/C22H23N3O3/c1-2-25-18-6-4-3-5-16(18)17-13-15(7-9-19(17)25)8-10-21(26)24-11-12-28-20(14-24)22(23)27/h3-10,13,20H,2,11-12,14H2,1H3,(H2,23,27). The highest BCUT2D eigenvalue weighted by molar-refractivity contribution is 6.08. The molecule has 1 fully saturated rings. The Balaban J connectivity index is 1.60. The lowest BCUT2D eigenvalue weighted by Crippen LogP contribution is -2.50. The molecule has 4 rings (SSSR count). The van der Waals surface area contributed by atoms with E-state index in [4.69, 9.17) is 10.5 Å². The van der Waals surface area contributed by atoms with Gasteiger partial charge in [-0.2, -0.15) is 0 Å². The smallest absolute Gasteiger partial charge is 0.248 e. The van der Waals surface area contributed by atoms with Gasteiger partial charge in [-0.3, -0.25) is 9.59 Å². The monoisotopic (exact) mass is 377 g/mol. The van der Waals surface area contributed by atoms with Gasteiger partial charge in [0.05, 0.1) is 13.2 Å². The van der Waals surface area contributed by atoms with E-state index >= 15 is 0 Å². The molecule has 1 aliphatic rings. The van der Waals surface area contributed by atoms with Gasteiger partial charge < -0.3 is 19.9 Å². The van der Waals surface area contributed by atoms with Gasteiger partial charge in [-0.1, -0.05) is 24.3 Å². The van der Waals surface area contributed by atoms with E-state index in [1.54, 1.807) is 11.0 Å². The number of rotatable bonds is 4. The third-order valence-corrected chi connectivity index (χ3v) is 5.23. The van der Waals surface area contributed by atoms with Crippen molar-refractivity contribution in [1.82, 2.24) is 9.47 Å². The Hall–Kier alpha value is -3.12. The Morgan fingerprint density at radius 3 is 2.75 bits per heavy atom. The topological polar surface area (TPSA) is 77.6 Å². The second-order valence-electron chi connectivity index (χ2n) is 6.92. The minimum Gasteiger partial charge on any atom is -0.367 e. The van der Waals surface area contributed by atoms with E-state index in [2.05, 4.69) is 41.8 Å². The summed E-state index contributed by atoms with van der Waals surface area (Å²) < 4.78 is 7.58. The Kier molecular flexibility index (Phi) is 4.88. The summed E-state index contributed by atoms with van der Waals surface area (Å²) in [6, 6.07) is 14.6. The molecule has 1 aliphatic heterocycles. The Morgan fingerprint density at radius 2 is 1.96 bits per heavy atom. The minimum absolute atomic E-state index is 0.148. The molecule has 0 radical (unpaired) electrons. The summed E-state index contributed by atoms with van der Waals surface area (Å²) in [7, 11) is 0. The largest absolute Gasteiger partial charge is 0.367 e. The number of hydrogen-bond donors (Lipinski definition) is 1. The molecule has 2 heterocycles. The molecule has 0 saturated carbocycles. The zero-order chi connectivity index (χ0) is 19.7. The maximum absolute atomic E-state index is 12.5. The summed E-state index contributed by atoms with van der Waals surface area (Å²) in [5, 5.41) is 2.38. The summed E-state index contributed by atoms with van der Waals surface area (Å²) in [6.07, 6.45) is 2.63. The number of morpholine rings is 1. The maximum atomic E-state index is 12.5. The number of aryl methyl sites for hydroxylation is 1. The van der Waals surface area contributed by atoms with Gasteiger partial charge in [0.1, 0.15) is 0 Å². The summed E-state index contributed by atoms with van der Waals surface area (Å²) in [6.45, 7) is 4.00. The average Bonchev–Trinajstić information content (AvgIpc) is 3.05. The Morgan fingerprint density at radius 1 is 1.18 bits per heavy atom. The van der Waals surface area contributed by atoms with E-state index in [9.17, 15) is 9.59 Å². The lowest BCUT2D eigenvalue weighted by atomic mass is 10.1. The van der Waals surface area contributed by atoms with Gasteiger partial charge in [-0.25, -0.2) is 0 Å². The predicted octanol–water partition coefficient (Wildman–Crippen LogP) is 2.54. The number of benzene rings is 2. The van der Waals surface area contributed by atoms with Crippen molar-refractivity contribution in [3.8, 4) is 0 Å². The van der Waals surface area contributed by atoms with Crippen LogP contribution in [0.25, 0.3) is 27.9 Å². The molecule has 144 valence electrons. The van der Waals surface area contributed by atoms with Crippen LogP contribution in [0.4, 0.5) is 0 Å². The molecule has 2 amide bonds. The first-order chi connectivity index (χ1) is 13.6. The normalized spacial score (nSPS) is 17.6. The quantitative estimate of drug-likeness (QED) is 0.710. The minimum atomic E-state index is -0.734. The average molecular weight is 377 g/mol. The second-order valence-corrected chi connectivity index (χ2v) is 6.92. The van der Waals surface area contributed by atoms with Crippen LogP contribution in [0.1, 0.15) is 12.5 Å². The first kappa shape index (κ1) is 18.3. The van der Waals surface area contributed by atoms with Crippen molar-refractivity contribution in [3.63, 3.8) is 0 Å². The molecule has 2 aromatic carbocycles. The number of carbonyl (C=O) groups excluding carboxylic acids is 2. The van der Waals surface area contributed by atoms with Crippen molar-refractivity contribution in [2.24, 2.45) is 5.73 Å². The molecule has 0 aliphatic carbocycles. The zero-order valence-electron chi connectivity index (χ0n) is 15.8. The van der Waals surface area contributed by atoms with Gasteiger partial charge in [0.2, 0.25) is 11.8 Å². The number of hydrogen-bond acceptors (Lipinski definition) is 3. The lowest BCUT2D eigenvalue weighted by Gasteiger charge is -2.30. The van der Waals surface area contributed by atoms with Crippen molar-refractivity contribution < 1.29 is 14.3 Å². The summed E-state index contributed by atoms with van der Waals surface area (Å²) >= 11 is 0. The second kappa shape index (κ2) is 7.48. The van der Waals surface area contributed by atoms with Crippen LogP contribution in [0.3, 0.4) is 0 Å². The molecule has 3 aromatic rings. The van der Waals surface area contributed by atoms with E-state index in [-0.39, 0.29) is 12.5 Å². The van der Waals surface area contributed by atoms with E-state index in [0.717, 1.165) is 12.1 Å². The summed E-state index contributed by atoms with van der Waals surface area (Å²) in [4.78, 5) is 25.4. The van der Waals surface area contributed by atoms with E-state index in [0.29, 0.717) is 13.2 Å². The van der Waals surface area contributed by atoms with Crippen LogP contribution >= 0.6 is 0 Å². The number of amides is 2. The van der Waals surface area contributed by atoms with Gasteiger partial charge in [0, 0.05) is 41.0 Å². The molecule has 0 bridgehead atoms. The van der Waals surface area contributed by atoms with Gasteiger partial charge in [-0.05, 0) is 36.8 Å². The molecule has 1 aromatic heterocycles. The van der Waals surface area contributed by atoms with Gasteiger partial charge in [0.15, 0.2) is 6.10 Å². The molecular weight excluding hydrogens is 354 g/mol. The van der Waals surface area contributed by atoms with Crippen LogP contribution in [0, 0.1) is 0 Å². The predicted molar refractivity (Wildman–Crippen MR) is 110 cm³/mol. The SMILES string of the molecule is CCn1c2ccccc2c2cc(C=CC(=O)N3CCOC(C(N)=O)C3)ccc21. The fourth-order valence-electron chi connectivity index (χ4n) is 3.81. The van der Waals surface area contributed by atoms with E-state index < -0.39 is 12.0 Å². The number of ether oxygens (including phenoxy) is 1. The number of nitrogens with two attached hydrogens (primary N) is 1. The molecule has 1 unspecified atom stereocenters. The fourth-order valence-corrected chi connectivity index (χ4v) is 3.81. The Bertz CT molecular complexity index is 1080. The van der Waals surface area contributed by atoms with Crippen molar-refractivity contribution in [3.05, 3.63) is 54.1 Å². The molecular formula is C22H23N3O3. The van der Waals surface area contributed by atoms with Crippen molar-refractivity contribution in [2.75, 3.05) is 19.7 Å². The summed E-state index contributed by atoms with van der Waals surface area (Å²) in [5.74, 6) is -0.690. The molecule has 28 heavy (non-hydrogen) atoms. The molecule has 6 nitrogen and oxygen atoms in total. The van der Waals surface area contributed by atoms with Crippen LogP contribution < -0.4 is 5.73 Å². The number of carbonyl (C=O) groups is 2. The molecule has 0 spiro atoms. The third-order valence-electron chi connectivity index (χ3n) is 5.23. The van der Waals surface area contributed by atoms with Crippen LogP contribution in [0.2, 0.25) is 0 Å². The fraction of sp³-hybridized carbons (Fsp3) is 0.273. The molecule has 1 atom stereocenters. The van der Waals surface area contributed by atoms with Crippen molar-refractivity contribution in [1.29, 1.82) is 0 Å². The highest BCUT2D eigenvalue weighted by Crippen LogP contribution is 2.30.